The predicted molar refractivity (Wildman–Crippen MR) is 103 cm³/mol. The van der Waals surface area contributed by atoms with Crippen molar-refractivity contribution in [1.82, 2.24) is 0 Å². The molecular formula is C17H39NaO5S. The van der Waals surface area contributed by atoms with Gasteiger partial charge in [0.1, 0.15) is 0 Å². The fourth-order valence-corrected chi connectivity index (χ4v) is 2.55. The Bertz CT molecular complexity index is 299. The summed E-state index contributed by atoms with van der Waals surface area (Å²) in [5.74, 6) is 0.925. The minimum atomic E-state index is -4.67. The summed E-state index contributed by atoms with van der Waals surface area (Å²) >= 11 is 0. The van der Waals surface area contributed by atoms with E-state index in [1.165, 1.54) is 77.0 Å². The number of hydrogen-bond acceptors (Lipinski definition) is 3. The number of rotatable bonds is 14. The number of hydrogen-bond donors (Lipinski definition) is 3. The van der Waals surface area contributed by atoms with E-state index in [1.54, 1.807) is 0 Å². The Morgan fingerprint density at radius 2 is 1.08 bits per heavy atom. The zero-order valence-corrected chi connectivity index (χ0v) is 15.9. The molecule has 1 atom stereocenters. The van der Waals surface area contributed by atoms with Gasteiger partial charge in [-0.2, -0.15) is 8.42 Å². The molecule has 0 amide bonds. The Kier molecular flexibility index (Phi) is 27.0. The van der Waals surface area contributed by atoms with Gasteiger partial charge in [-0.25, -0.2) is 0 Å². The molecule has 0 radical (unpaired) electrons. The molecule has 0 spiro atoms. The molecule has 0 aromatic rings. The SMILES string of the molecule is CCCCCCCCC(C)CCCCCCCO.O=S(=O)(O)O.[NaH]. The van der Waals surface area contributed by atoms with Crippen molar-refractivity contribution in [3.63, 3.8) is 0 Å². The van der Waals surface area contributed by atoms with E-state index in [2.05, 4.69) is 13.8 Å². The van der Waals surface area contributed by atoms with E-state index in [1.807, 2.05) is 0 Å². The van der Waals surface area contributed by atoms with E-state index < -0.39 is 10.4 Å². The van der Waals surface area contributed by atoms with Crippen LogP contribution in [0.3, 0.4) is 0 Å². The molecule has 7 heteroatoms. The van der Waals surface area contributed by atoms with Crippen molar-refractivity contribution in [3.8, 4) is 0 Å². The van der Waals surface area contributed by atoms with Gasteiger partial charge in [-0.05, 0) is 12.3 Å². The van der Waals surface area contributed by atoms with E-state index in [-0.39, 0.29) is 29.6 Å². The second-order valence-corrected chi connectivity index (χ2v) is 7.29. The summed E-state index contributed by atoms with van der Waals surface area (Å²) in [7, 11) is -4.67. The zero-order valence-electron chi connectivity index (χ0n) is 15.0. The van der Waals surface area contributed by atoms with Crippen LogP contribution in [-0.2, 0) is 10.4 Å². The maximum absolute atomic E-state index is 8.74. The van der Waals surface area contributed by atoms with Gasteiger partial charge in [0.25, 0.3) is 0 Å². The summed E-state index contributed by atoms with van der Waals surface area (Å²) in [6.45, 7) is 5.07. The van der Waals surface area contributed by atoms with Crippen LogP contribution in [0.2, 0.25) is 0 Å². The third kappa shape index (κ3) is 38.4. The maximum atomic E-state index is 8.74. The van der Waals surface area contributed by atoms with Gasteiger partial charge in [-0.1, -0.05) is 90.9 Å². The Balaban J connectivity index is -0.000000639. The molecule has 5 nitrogen and oxygen atoms in total. The number of aliphatic hydroxyl groups is 1. The number of unbranched alkanes of at least 4 members (excludes halogenated alkanes) is 9. The minimum absolute atomic E-state index is 0. The van der Waals surface area contributed by atoms with Crippen LogP contribution in [0.15, 0.2) is 0 Å². The molecule has 144 valence electrons. The molecule has 1 unspecified atom stereocenters. The van der Waals surface area contributed by atoms with Gasteiger partial charge in [0.05, 0.1) is 0 Å². The van der Waals surface area contributed by atoms with Crippen LogP contribution in [0.1, 0.15) is 97.3 Å². The average Bonchev–Trinajstić information content (AvgIpc) is 2.44. The first-order valence-electron chi connectivity index (χ1n) is 9.12. The van der Waals surface area contributed by atoms with Gasteiger partial charge >= 0.3 is 40.0 Å². The van der Waals surface area contributed by atoms with Crippen LogP contribution in [0.25, 0.3) is 0 Å². The quantitative estimate of drug-likeness (QED) is 0.236. The third-order valence-electron chi connectivity index (χ3n) is 3.91. The van der Waals surface area contributed by atoms with Gasteiger partial charge in [0.2, 0.25) is 0 Å². The second-order valence-electron chi connectivity index (χ2n) is 6.39. The van der Waals surface area contributed by atoms with Crippen molar-refractivity contribution < 1.29 is 22.6 Å². The van der Waals surface area contributed by atoms with E-state index in [4.69, 9.17) is 22.6 Å². The Morgan fingerprint density at radius 1 is 0.750 bits per heavy atom. The van der Waals surface area contributed by atoms with Gasteiger partial charge in [-0.15, -0.1) is 0 Å². The summed E-state index contributed by atoms with van der Waals surface area (Å²) in [4.78, 5) is 0. The first-order chi connectivity index (χ1) is 10.8. The van der Waals surface area contributed by atoms with E-state index in [9.17, 15) is 0 Å². The van der Waals surface area contributed by atoms with Crippen LogP contribution in [0.5, 0.6) is 0 Å². The molecule has 3 N–H and O–H groups in total. The normalized spacial score (nSPS) is 12.0. The molecular weight excluding hydrogens is 339 g/mol. The van der Waals surface area contributed by atoms with Gasteiger partial charge in [0, 0.05) is 6.61 Å². The monoisotopic (exact) mass is 378 g/mol. The third-order valence-corrected chi connectivity index (χ3v) is 3.91. The van der Waals surface area contributed by atoms with Crippen molar-refractivity contribution in [2.24, 2.45) is 5.92 Å². The van der Waals surface area contributed by atoms with Gasteiger partial charge in [-0.3, -0.25) is 9.11 Å². The molecule has 0 aliphatic carbocycles. The van der Waals surface area contributed by atoms with Crippen molar-refractivity contribution in [1.29, 1.82) is 0 Å². The molecule has 0 rings (SSSR count). The van der Waals surface area contributed by atoms with Crippen LogP contribution < -0.4 is 0 Å². The van der Waals surface area contributed by atoms with Crippen molar-refractivity contribution >= 4 is 40.0 Å². The van der Waals surface area contributed by atoms with Crippen molar-refractivity contribution in [2.75, 3.05) is 6.61 Å². The molecule has 24 heavy (non-hydrogen) atoms. The molecule has 0 saturated heterocycles. The first-order valence-corrected chi connectivity index (χ1v) is 10.5. The van der Waals surface area contributed by atoms with Crippen molar-refractivity contribution in [3.05, 3.63) is 0 Å². The predicted octanol–water partition coefficient (Wildman–Crippen LogP) is 4.40. The summed E-state index contributed by atoms with van der Waals surface area (Å²) < 4.78 is 31.6. The van der Waals surface area contributed by atoms with E-state index in [0.717, 1.165) is 12.3 Å². The topological polar surface area (TPSA) is 94.8 Å². The zero-order chi connectivity index (χ0) is 18.0. The molecule has 0 saturated carbocycles. The fraction of sp³-hybridized carbons (Fsp3) is 1.00. The van der Waals surface area contributed by atoms with E-state index in [0.29, 0.717) is 6.61 Å². The molecule has 0 heterocycles. The second kappa shape index (κ2) is 21.9. The molecule has 0 aliphatic rings. The molecule has 0 aromatic heterocycles. The number of aliphatic hydroxyl groups excluding tert-OH is 1. The van der Waals surface area contributed by atoms with Crippen LogP contribution in [0.4, 0.5) is 0 Å². The van der Waals surface area contributed by atoms with Crippen LogP contribution in [-0.4, -0.2) is 58.8 Å². The van der Waals surface area contributed by atoms with Crippen molar-refractivity contribution in [2.45, 2.75) is 97.3 Å². The van der Waals surface area contributed by atoms with Gasteiger partial charge < -0.3 is 5.11 Å². The Labute approximate surface area is 171 Å². The van der Waals surface area contributed by atoms with E-state index >= 15 is 0 Å². The molecule has 0 aliphatic heterocycles. The first kappa shape index (κ1) is 29.6. The standard InChI is InChI=1S/C17H36O.Na.H2O4S.H/c1-3-4-5-6-8-11-14-17(2)15-12-9-7-10-13-16-18;;1-5(2,3)4;/h17-18H,3-16H2,1-2H3;;(H2,1,2,3,4);. The molecule has 0 aromatic carbocycles. The Morgan fingerprint density at radius 3 is 1.46 bits per heavy atom. The summed E-state index contributed by atoms with van der Waals surface area (Å²) in [5.41, 5.74) is 0. The van der Waals surface area contributed by atoms with Crippen LogP contribution >= 0.6 is 0 Å². The molecule has 0 bridgehead atoms. The summed E-state index contributed by atoms with van der Waals surface area (Å²) in [5, 5.41) is 8.69. The molecule has 0 fully saturated rings. The summed E-state index contributed by atoms with van der Waals surface area (Å²) in [6.07, 6.45) is 17.7. The summed E-state index contributed by atoms with van der Waals surface area (Å²) in [6, 6.07) is 0. The van der Waals surface area contributed by atoms with Gasteiger partial charge in [0.15, 0.2) is 0 Å². The fourth-order valence-electron chi connectivity index (χ4n) is 2.55. The van der Waals surface area contributed by atoms with Crippen LogP contribution in [0, 0.1) is 5.92 Å². The average molecular weight is 379 g/mol. The Hall–Kier alpha value is 0.830.